The molecule has 0 aliphatic heterocycles. The summed E-state index contributed by atoms with van der Waals surface area (Å²) in [5.41, 5.74) is -0.576. The van der Waals surface area contributed by atoms with Gasteiger partial charge in [-0.2, -0.15) is 0 Å². The first kappa shape index (κ1) is 10.7. The van der Waals surface area contributed by atoms with Crippen LogP contribution in [0.25, 0.3) is 0 Å². The van der Waals surface area contributed by atoms with Crippen molar-refractivity contribution >= 4 is 11.8 Å². The highest BCUT2D eigenvalue weighted by molar-refractivity contribution is 5.94. The Morgan fingerprint density at radius 1 is 1.40 bits per heavy atom. The van der Waals surface area contributed by atoms with Crippen LogP contribution in [0.2, 0.25) is 0 Å². The lowest BCUT2D eigenvalue weighted by Gasteiger charge is -2.36. The summed E-state index contributed by atoms with van der Waals surface area (Å²) in [6.07, 6.45) is 1.44. The van der Waals surface area contributed by atoms with Gasteiger partial charge in [-0.05, 0) is 17.8 Å². The number of fused-ring (bicyclic) bond motifs is 2. The van der Waals surface area contributed by atoms with Gasteiger partial charge < -0.3 is 4.74 Å². The number of rotatable bonds is 1. The van der Waals surface area contributed by atoms with E-state index in [4.69, 9.17) is 4.74 Å². The Hall–Kier alpha value is -0.860. The van der Waals surface area contributed by atoms with Crippen molar-refractivity contribution in [2.45, 2.75) is 33.6 Å². The number of carbonyl (C=O) groups is 2. The molecular formula is C12H18O3. The number of esters is 1. The molecule has 3 heteroatoms. The fraction of sp³-hybridized carbons (Fsp3) is 0.833. The van der Waals surface area contributed by atoms with Gasteiger partial charge in [0.05, 0.1) is 13.0 Å². The van der Waals surface area contributed by atoms with Gasteiger partial charge in [0.1, 0.15) is 5.78 Å². The minimum Gasteiger partial charge on any atom is -0.469 e. The average molecular weight is 210 g/mol. The van der Waals surface area contributed by atoms with Crippen LogP contribution >= 0.6 is 0 Å². The fourth-order valence-corrected chi connectivity index (χ4v) is 3.49. The van der Waals surface area contributed by atoms with Gasteiger partial charge >= 0.3 is 5.97 Å². The van der Waals surface area contributed by atoms with E-state index in [2.05, 4.69) is 13.8 Å². The van der Waals surface area contributed by atoms with E-state index in [-0.39, 0.29) is 23.1 Å². The molecule has 3 unspecified atom stereocenters. The average Bonchev–Trinajstić information content (AvgIpc) is 2.47. The Kier molecular flexibility index (Phi) is 2.01. The predicted octanol–water partition coefficient (Wildman–Crippen LogP) is 1.80. The van der Waals surface area contributed by atoms with E-state index in [0.717, 1.165) is 6.42 Å². The number of carbonyl (C=O) groups excluding carboxylic acids is 2. The fourth-order valence-electron chi connectivity index (χ4n) is 3.49. The van der Waals surface area contributed by atoms with Crippen LogP contribution in [0.1, 0.15) is 33.6 Å². The number of ketones is 1. The first-order chi connectivity index (χ1) is 6.85. The molecule has 2 saturated carbocycles. The molecule has 84 valence electrons. The van der Waals surface area contributed by atoms with Gasteiger partial charge in [0.2, 0.25) is 0 Å². The topological polar surface area (TPSA) is 43.4 Å². The smallest absolute Gasteiger partial charge is 0.309 e. The number of hydrogen-bond donors (Lipinski definition) is 0. The third kappa shape index (κ3) is 1.01. The van der Waals surface area contributed by atoms with Crippen molar-refractivity contribution in [2.24, 2.45) is 22.7 Å². The summed E-state index contributed by atoms with van der Waals surface area (Å²) in [5.74, 6) is 0.128. The Bertz CT molecular complexity index is 332. The summed E-state index contributed by atoms with van der Waals surface area (Å²) in [6.45, 7) is 6.14. The Balaban J connectivity index is 2.43. The van der Waals surface area contributed by atoms with Gasteiger partial charge in [-0.15, -0.1) is 0 Å². The standard InChI is InChI=1S/C12H18O3/c1-11(2)7-5-8(10(14)15-4)12(11,3)9(13)6-7/h7-8H,5-6H2,1-4H3. The number of methoxy groups -OCH3 is 1. The van der Waals surface area contributed by atoms with Gasteiger partial charge in [0.15, 0.2) is 0 Å². The lowest BCUT2D eigenvalue weighted by atomic mass is 9.66. The minimum absolute atomic E-state index is 0.0665. The number of hydrogen-bond acceptors (Lipinski definition) is 3. The molecule has 0 radical (unpaired) electrons. The molecule has 0 N–H and O–H groups in total. The summed E-state index contributed by atoms with van der Waals surface area (Å²) in [7, 11) is 1.40. The van der Waals surface area contributed by atoms with Gasteiger partial charge in [-0.3, -0.25) is 9.59 Å². The van der Waals surface area contributed by atoms with Crippen LogP contribution in [-0.2, 0) is 14.3 Å². The SMILES string of the molecule is COC(=O)C1CC2CC(=O)C1(C)C2(C)C. The highest BCUT2D eigenvalue weighted by Crippen LogP contribution is 2.66. The van der Waals surface area contributed by atoms with E-state index in [0.29, 0.717) is 12.3 Å². The zero-order valence-corrected chi connectivity index (χ0v) is 9.79. The van der Waals surface area contributed by atoms with Crippen molar-refractivity contribution < 1.29 is 14.3 Å². The molecule has 2 bridgehead atoms. The van der Waals surface area contributed by atoms with Gasteiger partial charge in [-0.25, -0.2) is 0 Å². The van der Waals surface area contributed by atoms with Crippen LogP contribution in [-0.4, -0.2) is 18.9 Å². The molecule has 2 aliphatic carbocycles. The third-order valence-electron chi connectivity index (χ3n) is 5.07. The second-order valence-electron chi connectivity index (χ2n) is 5.56. The van der Waals surface area contributed by atoms with Crippen molar-refractivity contribution in [1.82, 2.24) is 0 Å². The lowest BCUT2D eigenvalue weighted by molar-refractivity contribution is -0.155. The Morgan fingerprint density at radius 2 is 2.00 bits per heavy atom. The molecule has 0 aromatic carbocycles. The van der Waals surface area contributed by atoms with Crippen LogP contribution in [0, 0.1) is 22.7 Å². The first-order valence-corrected chi connectivity index (χ1v) is 5.46. The van der Waals surface area contributed by atoms with E-state index >= 15 is 0 Å². The maximum Gasteiger partial charge on any atom is 0.309 e. The van der Waals surface area contributed by atoms with E-state index < -0.39 is 5.41 Å². The van der Waals surface area contributed by atoms with Crippen LogP contribution in [0.15, 0.2) is 0 Å². The van der Waals surface area contributed by atoms with Gasteiger partial charge in [0, 0.05) is 11.8 Å². The number of Topliss-reactive ketones (excluding diaryl/α,β-unsaturated/α-hetero) is 1. The Morgan fingerprint density at radius 3 is 2.40 bits per heavy atom. The third-order valence-corrected chi connectivity index (χ3v) is 5.07. The summed E-state index contributed by atoms with van der Waals surface area (Å²) in [4.78, 5) is 23.7. The highest BCUT2D eigenvalue weighted by Gasteiger charge is 2.68. The van der Waals surface area contributed by atoms with Crippen molar-refractivity contribution in [3.63, 3.8) is 0 Å². The first-order valence-electron chi connectivity index (χ1n) is 5.46. The molecule has 0 heterocycles. The normalized spacial score (nSPS) is 42.0. The maximum atomic E-state index is 12.0. The summed E-state index contributed by atoms with van der Waals surface area (Å²) in [6, 6.07) is 0. The molecule has 0 saturated heterocycles. The van der Waals surface area contributed by atoms with Crippen molar-refractivity contribution in [3.8, 4) is 0 Å². The van der Waals surface area contributed by atoms with Crippen molar-refractivity contribution in [1.29, 1.82) is 0 Å². The quantitative estimate of drug-likeness (QED) is 0.620. The van der Waals surface area contributed by atoms with Gasteiger partial charge in [-0.1, -0.05) is 20.8 Å². The van der Waals surface area contributed by atoms with Crippen LogP contribution in [0.5, 0.6) is 0 Å². The molecule has 0 aromatic heterocycles. The van der Waals surface area contributed by atoms with Gasteiger partial charge in [0.25, 0.3) is 0 Å². The molecule has 15 heavy (non-hydrogen) atoms. The molecule has 3 atom stereocenters. The molecular weight excluding hydrogens is 192 g/mol. The zero-order valence-electron chi connectivity index (χ0n) is 9.79. The van der Waals surface area contributed by atoms with Crippen LogP contribution < -0.4 is 0 Å². The second-order valence-corrected chi connectivity index (χ2v) is 5.56. The van der Waals surface area contributed by atoms with E-state index in [1.165, 1.54) is 7.11 Å². The molecule has 0 spiro atoms. The maximum absolute atomic E-state index is 12.0. The van der Waals surface area contributed by atoms with E-state index in [1.807, 2.05) is 6.92 Å². The van der Waals surface area contributed by atoms with Crippen LogP contribution in [0.4, 0.5) is 0 Å². The molecule has 2 rings (SSSR count). The lowest BCUT2D eigenvalue weighted by Crippen LogP contribution is -2.42. The molecule has 2 fully saturated rings. The summed E-state index contributed by atoms with van der Waals surface area (Å²) in [5, 5.41) is 0. The van der Waals surface area contributed by atoms with E-state index in [1.54, 1.807) is 0 Å². The minimum atomic E-state index is -0.509. The van der Waals surface area contributed by atoms with E-state index in [9.17, 15) is 9.59 Å². The summed E-state index contributed by atoms with van der Waals surface area (Å²) >= 11 is 0. The molecule has 2 aliphatic rings. The van der Waals surface area contributed by atoms with Crippen molar-refractivity contribution in [3.05, 3.63) is 0 Å². The highest BCUT2D eigenvalue weighted by atomic mass is 16.5. The zero-order chi connectivity index (χ0) is 11.4. The predicted molar refractivity (Wildman–Crippen MR) is 55.1 cm³/mol. The molecule has 0 amide bonds. The largest absolute Gasteiger partial charge is 0.469 e. The van der Waals surface area contributed by atoms with Crippen LogP contribution in [0.3, 0.4) is 0 Å². The molecule has 3 nitrogen and oxygen atoms in total. The molecule has 0 aromatic rings. The second kappa shape index (κ2) is 2.83. The monoisotopic (exact) mass is 210 g/mol. The Labute approximate surface area is 90.2 Å². The van der Waals surface area contributed by atoms with Crippen molar-refractivity contribution in [2.75, 3.05) is 7.11 Å². The summed E-state index contributed by atoms with van der Waals surface area (Å²) < 4.78 is 4.80. The number of ether oxygens (including phenoxy) is 1.